The Labute approximate surface area is 129 Å². The summed E-state index contributed by atoms with van der Waals surface area (Å²) in [7, 11) is 0. The maximum Gasteiger partial charge on any atom is 0.139 e. The Balaban J connectivity index is 3.27. The molecule has 6 heteroatoms. The van der Waals surface area contributed by atoms with Crippen LogP contribution in [-0.4, -0.2) is 22.9 Å². The van der Waals surface area contributed by atoms with Crippen molar-refractivity contribution in [3.8, 4) is 0 Å². The van der Waals surface area contributed by atoms with Crippen LogP contribution in [-0.2, 0) is 0 Å². The zero-order chi connectivity index (χ0) is 15.1. The first kappa shape index (κ1) is 16.5. The van der Waals surface area contributed by atoms with E-state index >= 15 is 0 Å². The number of nitrogens with zero attached hydrogens (tertiary/aromatic N) is 3. The molecule has 1 heterocycles. The zero-order valence-corrected chi connectivity index (χ0v) is 13.6. The number of thiol groups is 1. The fourth-order valence-corrected chi connectivity index (χ4v) is 1.99. The van der Waals surface area contributed by atoms with Gasteiger partial charge in [0.15, 0.2) is 0 Å². The molecule has 0 aliphatic rings. The van der Waals surface area contributed by atoms with Crippen LogP contribution in [0.1, 0.15) is 18.4 Å². The smallest absolute Gasteiger partial charge is 0.139 e. The Hall–Kier alpha value is -1.53. The van der Waals surface area contributed by atoms with E-state index < -0.39 is 0 Å². The fourth-order valence-electron chi connectivity index (χ4n) is 1.54. The summed E-state index contributed by atoms with van der Waals surface area (Å²) in [5.41, 5.74) is 2.46. The quantitative estimate of drug-likeness (QED) is 0.475. The fraction of sp³-hybridized carbons (Fsp3) is 0.214. The van der Waals surface area contributed by atoms with E-state index in [2.05, 4.69) is 45.8 Å². The molecule has 0 aromatic carbocycles. The molecule has 4 nitrogen and oxygen atoms in total. The second-order valence-corrected chi connectivity index (χ2v) is 4.98. The number of rotatable bonds is 6. The van der Waals surface area contributed by atoms with Gasteiger partial charge in [-0.15, -0.1) is 11.8 Å². The molecule has 0 saturated heterocycles. The van der Waals surface area contributed by atoms with Crippen LogP contribution in [0, 0.1) is 6.92 Å². The Morgan fingerprint density at radius 1 is 1.50 bits per heavy atom. The van der Waals surface area contributed by atoms with E-state index in [9.17, 15) is 0 Å². The van der Waals surface area contributed by atoms with E-state index in [1.165, 1.54) is 11.8 Å². The summed E-state index contributed by atoms with van der Waals surface area (Å²) in [5.74, 6) is 1.32. The predicted molar refractivity (Wildman–Crippen MR) is 93.3 cm³/mol. The highest BCUT2D eigenvalue weighted by atomic mass is 32.2. The Morgan fingerprint density at radius 2 is 2.20 bits per heavy atom. The van der Waals surface area contributed by atoms with E-state index in [0.29, 0.717) is 11.6 Å². The average Bonchev–Trinajstić information content (AvgIpc) is 2.47. The predicted octanol–water partition coefficient (Wildman–Crippen LogP) is 3.91. The molecule has 0 unspecified atom stereocenters. The summed E-state index contributed by atoms with van der Waals surface area (Å²) in [6, 6.07) is 1.83. The second kappa shape index (κ2) is 7.91. The maximum atomic E-state index is 4.43. The van der Waals surface area contributed by atoms with Crippen LogP contribution in [0.2, 0.25) is 0 Å². The third-order valence-electron chi connectivity index (χ3n) is 2.55. The van der Waals surface area contributed by atoms with Gasteiger partial charge in [0.05, 0.1) is 11.4 Å². The van der Waals surface area contributed by atoms with Crippen molar-refractivity contribution >= 4 is 42.7 Å². The van der Waals surface area contributed by atoms with Crippen LogP contribution in [0.15, 0.2) is 40.4 Å². The first-order valence-electron chi connectivity index (χ1n) is 5.89. The molecule has 0 aliphatic carbocycles. The number of hydrogen-bond acceptors (Lipinski definition) is 6. The van der Waals surface area contributed by atoms with Gasteiger partial charge in [0.1, 0.15) is 11.6 Å². The molecule has 0 bridgehead atoms. The molecule has 0 aliphatic heterocycles. The summed E-state index contributed by atoms with van der Waals surface area (Å²) >= 11 is 5.55. The van der Waals surface area contributed by atoms with Gasteiger partial charge >= 0.3 is 0 Å². The Morgan fingerprint density at radius 3 is 2.70 bits per heavy atom. The highest BCUT2D eigenvalue weighted by Gasteiger charge is 2.07. The molecular weight excluding hydrogens is 288 g/mol. The molecule has 0 atom stereocenters. The number of anilines is 1. The average molecular weight is 306 g/mol. The number of aliphatic imine (C=N–C) groups is 1. The number of allylic oxidation sites excluding steroid dienone is 3. The Bertz CT molecular complexity index is 577. The van der Waals surface area contributed by atoms with Crippen molar-refractivity contribution in [2.24, 2.45) is 4.99 Å². The van der Waals surface area contributed by atoms with Crippen molar-refractivity contribution in [2.45, 2.75) is 13.8 Å². The van der Waals surface area contributed by atoms with Gasteiger partial charge in [0.25, 0.3) is 0 Å². The van der Waals surface area contributed by atoms with Crippen LogP contribution >= 0.6 is 24.6 Å². The third-order valence-corrected chi connectivity index (χ3v) is 3.48. The van der Waals surface area contributed by atoms with Gasteiger partial charge in [-0.3, -0.25) is 4.99 Å². The molecule has 1 aromatic heterocycles. The van der Waals surface area contributed by atoms with Crippen molar-refractivity contribution in [3.63, 3.8) is 0 Å². The first-order chi connectivity index (χ1) is 9.55. The molecule has 1 aromatic rings. The minimum absolute atomic E-state index is 0.653. The Kier molecular flexibility index (Phi) is 6.54. The topological polar surface area (TPSA) is 50.2 Å². The van der Waals surface area contributed by atoms with Gasteiger partial charge in [-0.2, -0.15) is 0 Å². The van der Waals surface area contributed by atoms with Crippen LogP contribution in [0.5, 0.6) is 0 Å². The monoisotopic (exact) mass is 306 g/mol. The second-order valence-electron chi connectivity index (χ2n) is 3.86. The number of nitrogens with one attached hydrogen (secondary N) is 1. The number of hydrogen-bond donors (Lipinski definition) is 2. The molecule has 0 spiro atoms. The van der Waals surface area contributed by atoms with Gasteiger partial charge in [0, 0.05) is 11.0 Å². The molecule has 1 N–H and O–H groups in total. The SMILES string of the molecule is C=N/C(=C/C(=C\C)c1cc(NS)nc(C)n1)C(=C)SC. The molecule has 106 valence electrons. The van der Waals surface area contributed by atoms with Gasteiger partial charge < -0.3 is 4.72 Å². The van der Waals surface area contributed by atoms with E-state index in [1.54, 1.807) is 0 Å². The van der Waals surface area contributed by atoms with E-state index in [-0.39, 0.29) is 0 Å². The van der Waals surface area contributed by atoms with Crippen molar-refractivity contribution in [1.29, 1.82) is 0 Å². The van der Waals surface area contributed by atoms with Gasteiger partial charge in [-0.05, 0) is 38.5 Å². The zero-order valence-electron chi connectivity index (χ0n) is 11.8. The normalized spacial score (nSPS) is 12.2. The van der Waals surface area contributed by atoms with Gasteiger partial charge in [-0.25, -0.2) is 9.97 Å². The minimum Gasteiger partial charge on any atom is -0.317 e. The van der Waals surface area contributed by atoms with Crippen LogP contribution in [0.3, 0.4) is 0 Å². The summed E-state index contributed by atoms with van der Waals surface area (Å²) < 4.78 is 2.73. The first-order valence-corrected chi connectivity index (χ1v) is 7.57. The van der Waals surface area contributed by atoms with Crippen molar-refractivity contribution in [1.82, 2.24) is 9.97 Å². The number of aryl methyl sites for hydroxylation is 1. The lowest BCUT2D eigenvalue weighted by Crippen LogP contribution is -1.98. The molecule has 0 fully saturated rings. The van der Waals surface area contributed by atoms with Gasteiger partial charge in [-0.1, -0.05) is 25.5 Å². The summed E-state index contributed by atoms with van der Waals surface area (Å²) in [5, 5.41) is 0. The summed E-state index contributed by atoms with van der Waals surface area (Å²) in [6.45, 7) is 11.3. The van der Waals surface area contributed by atoms with Crippen molar-refractivity contribution in [2.75, 3.05) is 11.0 Å². The van der Waals surface area contributed by atoms with E-state index in [0.717, 1.165) is 21.9 Å². The van der Waals surface area contributed by atoms with E-state index in [1.807, 2.05) is 38.3 Å². The van der Waals surface area contributed by atoms with E-state index in [4.69, 9.17) is 0 Å². The lowest BCUT2D eigenvalue weighted by Gasteiger charge is -2.08. The summed E-state index contributed by atoms with van der Waals surface area (Å²) in [6.07, 6.45) is 5.83. The molecule has 20 heavy (non-hydrogen) atoms. The van der Waals surface area contributed by atoms with Crippen LogP contribution in [0.4, 0.5) is 5.82 Å². The van der Waals surface area contributed by atoms with Crippen LogP contribution < -0.4 is 4.72 Å². The largest absolute Gasteiger partial charge is 0.317 e. The molecule has 0 amide bonds. The molecule has 0 saturated carbocycles. The molecular formula is C14H18N4S2. The molecule has 1 rings (SSSR count). The van der Waals surface area contributed by atoms with Crippen LogP contribution in [0.25, 0.3) is 5.57 Å². The highest BCUT2D eigenvalue weighted by Crippen LogP contribution is 2.25. The lowest BCUT2D eigenvalue weighted by atomic mass is 10.1. The minimum atomic E-state index is 0.653. The molecule has 0 radical (unpaired) electrons. The van der Waals surface area contributed by atoms with Crippen molar-refractivity contribution < 1.29 is 0 Å². The van der Waals surface area contributed by atoms with Crippen molar-refractivity contribution in [3.05, 3.63) is 46.9 Å². The summed E-state index contributed by atoms with van der Waals surface area (Å²) in [4.78, 5) is 13.5. The maximum absolute atomic E-state index is 4.43. The highest BCUT2D eigenvalue weighted by molar-refractivity contribution is 8.02. The third kappa shape index (κ3) is 4.25. The standard InChI is InChI=1S/C14H18N4S2/c1-6-11(7-12(15-4)9(2)20-5)13-8-14(18-19)17-10(3)16-13/h6-8,19H,2,4H2,1,3,5H3,(H,16,17,18)/b11-6+,12-7+. The lowest BCUT2D eigenvalue weighted by molar-refractivity contribution is 1.05. The van der Waals surface area contributed by atoms with Gasteiger partial charge in [0.2, 0.25) is 0 Å². The number of thioether (sulfide) groups is 1. The number of aromatic nitrogens is 2.